The summed E-state index contributed by atoms with van der Waals surface area (Å²) in [7, 11) is 0. The Morgan fingerprint density at radius 2 is 1.69 bits per heavy atom. The van der Waals surface area contributed by atoms with Crippen LogP contribution in [0, 0.1) is 6.92 Å². The summed E-state index contributed by atoms with van der Waals surface area (Å²) in [5.74, 6) is -1.11. The Balaban J connectivity index is 2.45. The van der Waals surface area contributed by atoms with Gasteiger partial charge in [0.15, 0.2) is 0 Å². The predicted octanol–water partition coefficient (Wildman–Crippen LogP) is 4.45. The minimum Gasteiger partial charge on any atom is -0.444 e. The summed E-state index contributed by atoms with van der Waals surface area (Å²) in [4.78, 5) is 40.9. The topological polar surface area (TPSA) is 108 Å². The van der Waals surface area contributed by atoms with E-state index in [0.29, 0.717) is 16.3 Å². The minimum absolute atomic E-state index is 0.368. The van der Waals surface area contributed by atoms with Gasteiger partial charge in [-0.15, -0.1) is 0 Å². The monoisotopic (exact) mass is 503 g/mol. The van der Waals surface area contributed by atoms with Gasteiger partial charge in [0.05, 0.1) is 17.3 Å². The number of hydrogen-bond acceptors (Lipinski definition) is 5. The second-order valence-electron chi connectivity index (χ2n) is 9.45. The van der Waals surface area contributed by atoms with Crippen LogP contribution in [-0.4, -0.2) is 52.2 Å². The van der Waals surface area contributed by atoms with Crippen LogP contribution < -0.4 is 10.6 Å². The lowest BCUT2D eigenvalue weighted by Crippen LogP contribution is -2.55. The first-order valence-electron chi connectivity index (χ1n) is 11.4. The number of nitrogens with zero attached hydrogens (tertiary/aromatic N) is 1. The molecule has 2 atom stereocenters. The summed E-state index contributed by atoms with van der Waals surface area (Å²) >= 11 is 6.32. The van der Waals surface area contributed by atoms with Gasteiger partial charge in [-0.1, -0.05) is 54.1 Å². The van der Waals surface area contributed by atoms with E-state index in [9.17, 15) is 19.5 Å². The number of aryl methyl sites for hydroxylation is 1. The molecule has 0 saturated heterocycles. The molecule has 0 fully saturated rings. The van der Waals surface area contributed by atoms with Gasteiger partial charge in [0.25, 0.3) is 5.91 Å². The maximum absolute atomic E-state index is 13.7. The molecule has 0 aromatic heterocycles. The Morgan fingerprint density at radius 1 is 1.06 bits per heavy atom. The molecule has 190 valence electrons. The number of nitrogens with one attached hydrogen (secondary N) is 2. The number of para-hydroxylation sites is 1. The second kappa shape index (κ2) is 12.0. The van der Waals surface area contributed by atoms with Crippen molar-refractivity contribution in [2.45, 2.75) is 65.3 Å². The number of amides is 3. The van der Waals surface area contributed by atoms with Crippen LogP contribution in [0.5, 0.6) is 0 Å². The summed E-state index contributed by atoms with van der Waals surface area (Å²) in [6, 6.07) is 11.2. The SMILES string of the molecule is Cc1cccc(Cl)c1NC(=O)C(c1ccccc1)N(C(=O)C(CO)NC(=O)OC(C)(C)C)C(C)C. The van der Waals surface area contributed by atoms with Crippen molar-refractivity contribution in [3.63, 3.8) is 0 Å². The van der Waals surface area contributed by atoms with Crippen molar-refractivity contribution in [1.29, 1.82) is 0 Å². The third-order valence-electron chi connectivity index (χ3n) is 5.09. The number of rotatable bonds is 8. The first kappa shape index (κ1) is 28.1. The molecule has 2 aromatic rings. The molecule has 0 aliphatic heterocycles. The average molecular weight is 504 g/mol. The molecule has 8 nitrogen and oxygen atoms in total. The van der Waals surface area contributed by atoms with E-state index in [1.54, 1.807) is 77.1 Å². The van der Waals surface area contributed by atoms with Crippen LogP contribution in [0.25, 0.3) is 0 Å². The zero-order chi connectivity index (χ0) is 26.3. The van der Waals surface area contributed by atoms with Gasteiger partial charge < -0.3 is 25.4 Å². The Kier molecular flexibility index (Phi) is 9.68. The van der Waals surface area contributed by atoms with E-state index in [0.717, 1.165) is 5.56 Å². The van der Waals surface area contributed by atoms with Crippen molar-refractivity contribution in [2.75, 3.05) is 11.9 Å². The van der Waals surface area contributed by atoms with E-state index >= 15 is 0 Å². The quantitative estimate of drug-likeness (QED) is 0.493. The van der Waals surface area contributed by atoms with Crippen molar-refractivity contribution >= 4 is 35.2 Å². The molecule has 3 N–H and O–H groups in total. The van der Waals surface area contributed by atoms with Crippen LogP contribution >= 0.6 is 11.6 Å². The van der Waals surface area contributed by atoms with Crippen LogP contribution in [0.4, 0.5) is 10.5 Å². The zero-order valence-corrected chi connectivity index (χ0v) is 21.7. The number of ether oxygens (including phenoxy) is 1. The molecule has 2 unspecified atom stereocenters. The lowest BCUT2D eigenvalue weighted by Gasteiger charge is -2.37. The third kappa shape index (κ3) is 7.70. The normalized spacial score (nSPS) is 13.1. The summed E-state index contributed by atoms with van der Waals surface area (Å²) in [5.41, 5.74) is 0.983. The molecule has 9 heteroatoms. The molecule has 0 heterocycles. The van der Waals surface area contributed by atoms with E-state index in [-0.39, 0.29) is 0 Å². The fourth-order valence-corrected chi connectivity index (χ4v) is 3.82. The predicted molar refractivity (Wildman–Crippen MR) is 136 cm³/mol. The molecule has 0 bridgehead atoms. The van der Waals surface area contributed by atoms with Crippen LogP contribution in [-0.2, 0) is 14.3 Å². The average Bonchev–Trinajstić information content (AvgIpc) is 2.76. The highest BCUT2D eigenvalue weighted by Crippen LogP contribution is 2.30. The Labute approximate surface area is 211 Å². The van der Waals surface area contributed by atoms with Gasteiger partial charge in [-0.2, -0.15) is 0 Å². The minimum atomic E-state index is -1.31. The van der Waals surface area contributed by atoms with Gasteiger partial charge in [0.1, 0.15) is 17.7 Å². The largest absolute Gasteiger partial charge is 0.444 e. The number of hydrogen-bond donors (Lipinski definition) is 3. The number of alkyl carbamates (subject to hydrolysis) is 1. The molecule has 0 saturated carbocycles. The molecular weight excluding hydrogens is 470 g/mol. The number of carbonyl (C=O) groups excluding carboxylic acids is 3. The molecule has 0 spiro atoms. The van der Waals surface area contributed by atoms with Crippen molar-refractivity contribution in [1.82, 2.24) is 10.2 Å². The first-order chi connectivity index (χ1) is 16.4. The first-order valence-corrected chi connectivity index (χ1v) is 11.8. The number of benzene rings is 2. The number of aliphatic hydroxyl groups excluding tert-OH is 1. The highest BCUT2D eigenvalue weighted by Gasteiger charge is 2.37. The van der Waals surface area contributed by atoms with Gasteiger partial charge in [0, 0.05) is 6.04 Å². The highest BCUT2D eigenvalue weighted by atomic mass is 35.5. The fraction of sp³-hybridized carbons (Fsp3) is 0.423. The Bertz CT molecular complexity index is 1020. The van der Waals surface area contributed by atoms with Gasteiger partial charge in [-0.05, 0) is 58.7 Å². The Morgan fingerprint density at radius 3 is 2.20 bits per heavy atom. The number of halogens is 1. The number of anilines is 1. The maximum atomic E-state index is 13.7. The second-order valence-corrected chi connectivity index (χ2v) is 9.86. The maximum Gasteiger partial charge on any atom is 0.408 e. The van der Waals surface area contributed by atoms with Gasteiger partial charge in [-0.25, -0.2) is 4.79 Å². The fourth-order valence-electron chi connectivity index (χ4n) is 3.55. The highest BCUT2D eigenvalue weighted by molar-refractivity contribution is 6.34. The number of carbonyl (C=O) groups is 3. The molecule has 0 aliphatic carbocycles. The molecular formula is C26H34ClN3O5. The molecule has 3 amide bonds. The van der Waals surface area contributed by atoms with Gasteiger partial charge >= 0.3 is 6.09 Å². The van der Waals surface area contributed by atoms with Crippen LogP contribution in [0.2, 0.25) is 5.02 Å². The van der Waals surface area contributed by atoms with Crippen molar-refractivity contribution in [3.05, 3.63) is 64.7 Å². The summed E-state index contributed by atoms with van der Waals surface area (Å²) in [5, 5.41) is 15.6. The van der Waals surface area contributed by atoms with E-state index < -0.39 is 48.2 Å². The summed E-state index contributed by atoms with van der Waals surface area (Å²) < 4.78 is 5.23. The molecule has 35 heavy (non-hydrogen) atoms. The molecule has 0 aliphatic rings. The standard InChI is InChI=1S/C26H34ClN3O5/c1-16(2)30(24(33)20(15-31)28-25(34)35-26(4,5)6)22(18-12-8-7-9-13-18)23(32)29-21-17(3)11-10-14-19(21)27/h7-14,16,20,22,31H,15H2,1-6H3,(H,28,34)(H,29,32). The van der Waals surface area contributed by atoms with E-state index in [1.165, 1.54) is 4.90 Å². The van der Waals surface area contributed by atoms with E-state index in [2.05, 4.69) is 10.6 Å². The van der Waals surface area contributed by atoms with Crippen LogP contribution in [0.15, 0.2) is 48.5 Å². The van der Waals surface area contributed by atoms with Crippen molar-refractivity contribution < 1.29 is 24.2 Å². The van der Waals surface area contributed by atoms with Gasteiger partial charge in [-0.3, -0.25) is 9.59 Å². The Hall–Kier alpha value is -3.10. The molecule has 2 aromatic carbocycles. The lowest BCUT2D eigenvalue weighted by atomic mass is 10.0. The van der Waals surface area contributed by atoms with Crippen LogP contribution in [0.1, 0.15) is 51.8 Å². The van der Waals surface area contributed by atoms with Gasteiger partial charge in [0.2, 0.25) is 5.91 Å². The smallest absolute Gasteiger partial charge is 0.408 e. The third-order valence-corrected chi connectivity index (χ3v) is 5.41. The number of aliphatic hydroxyl groups is 1. The van der Waals surface area contributed by atoms with E-state index in [4.69, 9.17) is 16.3 Å². The van der Waals surface area contributed by atoms with Crippen molar-refractivity contribution in [3.8, 4) is 0 Å². The summed E-state index contributed by atoms with van der Waals surface area (Å²) in [6.45, 7) is 9.72. The van der Waals surface area contributed by atoms with Crippen molar-refractivity contribution in [2.24, 2.45) is 0 Å². The zero-order valence-electron chi connectivity index (χ0n) is 21.0. The lowest BCUT2D eigenvalue weighted by molar-refractivity contribution is -0.143. The summed E-state index contributed by atoms with van der Waals surface area (Å²) in [6.07, 6.45) is -0.846. The molecule has 2 rings (SSSR count). The molecule has 0 radical (unpaired) electrons. The van der Waals surface area contributed by atoms with E-state index in [1.807, 2.05) is 13.0 Å². The van der Waals surface area contributed by atoms with Crippen LogP contribution in [0.3, 0.4) is 0 Å².